The van der Waals surface area contributed by atoms with Crippen molar-refractivity contribution in [3.05, 3.63) is 29.3 Å². The fraction of sp³-hybridized carbons (Fsp3) is 0.500. The molecular formula is C14H18N2O2. The third kappa shape index (κ3) is 1.68. The van der Waals surface area contributed by atoms with Crippen LogP contribution in [0, 0.1) is 0 Å². The van der Waals surface area contributed by atoms with Crippen molar-refractivity contribution in [2.24, 2.45) is 0 Å². The number of likely N-dealkylation sites (N-methyl/N-ethyl adjacent to an activating group) is 1. The molecule has 0 radical (unpaired) electrons. The van der Waals surface area contributed by atoms with Crippen molar-refractivity contribution >= 4 is 11.6 Å². The van der Waals surface area contributed by atoms with Gasteiger partial charge in [0.2, 0.25) is 5.91 Å². The van der Waals surface area contributed by atoms with Crippen LogP contribution in [0.1, 0.15) is 17.0 Å². The smallest absolute Gasteiger partial charge is 0.248 e. The average Bonchev–Trinajstić information content (AvgIpc) is 2.70. The van der Waals surface area contributed by atoms with Gasteiger partial charge in [0, 0.05) is 38.3 Å². The summed E-state index contributed by atoms with van der Waals surface area (Å²) >= 11 is 0. The van der Waals surface area contributed by atoms with E-state index in [2.05, 4.69) is 30.1 Å². The zero-order valence-corrected chi connectivity index (χ0v) is 10.6. The minimum absolute atomic E-state index is 0.157. The molecule has 1 fully saturated rings. The number of hydrogen-bond donors (Lipinski definition) is 1. The van der Waals surface area contributed by atoms with Gasteiger partial charge in [-0.3, -0.25) is 4.79 Å². The molecule has 2 aliphatic heterocycles. The van der Waals surface area contributed by atoms with Crippen LogP contribution in [0.4, 0.5) is 5.69 Å². The van der Waals surface area contributed by atoms with Crippen molar-refractivity contribution in [2.75, 3.05) is 38.2 Å². The van der Waals surface area contributed by atoms with Gasteiger partial charge >= 0.3 is 0 Å². The van der Waals surface area contributed by atoms with Gasteiger partial charge in [0.15, 0.2) is 0 Å². The minimum atomic E-state index is -0.373. The zero-order chi connectivity index (χ0) is 12.7. The van der Waals surface area contributed by atoms with E-state index in [1.807, 2.05) is 0 Å². The maximum absolute atomic E-state index is 11.3. The SMILES string of the molecule is CN1CCc2c(C3CN(C(=O)CO)C3)cccc21. The van der Waals surface area contributed by atoms with Gasteiger partial charge in [-0.25, -0.2) is 0 Å². The van der Waals surface area contributed by atoms with Crippen molar-refractivity contribution in [2.45, 2.75) is 12.3 Å². The predicted molar refractivity (Wildman–Crippen MR) is 69.8 cm³/mol. The predicted octanol–water partition coefficient (Wildman–Crippen LogP) is 0.597. The second-order valence-electron chi connectivity index (χ2n) is 5.17. The third-order valence-corrected chi connectivity index (χ3v) is 4.11. The molecule has 0 atom stereocenters. The van der Waals surface area contributed by atoms with Gasteiger partial charge in [-0.15, -0.1) is 0 Å². The molecule has 0 aromatic heterocycles. The molecule has 1 N–H and O–H groups in total. The summed E-state index contributed by atoms with van der Waals surface area (Å²) in [7, 11) is 2.12. The van der Waals surface area contributed by atoms with Crippen LogP contribution in [0.5, 0.6) is 0 Å². The molecule has 1 saturated heterocycles. The first-order chi connectivity index (χ1) is 8.70. The molecule has 18 heavy (non-hydrogen) atoms. The van der Waals surface area contributed by atoms with Crippen molar-refractivity contribution in [1.82, 2.24) is 4.90 Å². The lowest BCUT2D eigenvalue weighted by Gasteiger charge is -2.40. The number of aliphatic hydroxyl groups excluding tert-OH is 1. The Morgan fingerprint density at radius 1 is 1.44 bits per heavy atom. The lowest BCUT2D eigenvalue weighted by atomic mass is 9.87. The number of carbonyl (C=O) groups is 1. The summed E-state index contributed by atoms with van der Waals surface area (Å²) in [6.07, 6.45) is 1.10. The highest BCUT2D eigenvalue weighted by molar-refractivity contribution is 5.78. The highest BCUT2D eigenvalue weighted by atomic mass is 16.3. The normalized spacial score (nSPS) is 18.8. The quantitative estimate of drug-likeness (QED) is 0.831. The number of amides is 1. The van der Waals surface area contributed by atoms with E-state index in [0.717, 1.165) is 26.1 Å². The molecular weight excluding hydrogens is 228 g/mol. The second kappa shape index (κ2) is 4.28. The molecule has 4 heteroatoms. The lowest BCUT2D eigenvalue weighted by molar-refractivity contribution is -0.138. The number of aliphatic hydroxyl groups is 1. The van der Waals surface area contributed by atoms with E-state index < -0.39 is 0 Å². The molecule has 0 spiro atoms. The summed E-state index contributed by atoms with van der Waals surface area (Å²) in [4.78, 5) is 15.3. The standard InChI is InChI=1S/C14H18N2O2/c1-15-6-5-12-11(3-2-4-13(12)15)10-7-16(8-10)14(18)9-17/h2-4,10,17H,5-9H2,1H3. The Labute approximate surface area is 107 Å². The molecule has 1 aromatic carbocycles. The summed E-state index contributed by atoms with van der Waals surface area (Å²) in [5, 5.41) is 8.82. The zero-order valence-electron chi connectivity index (χ0n) is 10.6. The molecule has 2 heterocycles. The van der Waals surface area contributed by atoms with Crippen LogP contribution in [0.2, 0.25) is 0 Å². The molecule has 0 aliphatic carbocycles. The molecule has 4 nitrogen and oxygen atoms in total. The summed E-state index contributed by atoms with van der Waals surface area (Å²) in [6.45, 7) is 2.21. The van der Waals surface area contributed by atoms with Gasteiger partial charge < -0.3 is 14.9 Å². The first kappa shape index (κ1) is 11.5. The van der Waals surface area contributed by atoms with E-state index in [1.165, 1.54) is 16.8 Å². The van der Waals surface area contributed by atoms with Gasteiger partial charge in [0.25, 0.3) is 0 Å². The molecule has 0 bridgehead atoms. The van der Waals surface area contributed by atoms with Gasteiger partial charge in [-0.1, -0.05) is 12.1 Å². The van der Waals surface area contributed by atoms with E-state index in [1.54, 1.807) is 4.90 Å². The van der Waals surface area contributed by atoms with Crippen LogP contribution < -0.4 is 4.90 Å². The Morgan fingerprint density at radius 2 is 2.22 bits per heavy atom. The van der Waals surface area contributed by atoms with Crippen molar-refractivity contribution < 1.29 is 9.90 Å². The van der Waals surface area contributed by atoms with Crippen LogP contribution in [0.15, 0.2) is 18.2 Å². The monoisotopic (exact) mass is 246 g/mol. The van der Waals surface area contributed by atoms with E-state index in [-0.39, 0.29) is 12.5 Å². The summed E-state index contributed by atoms with van der Waals surface area (Å²) in [5.41, 5.74) is 4.17. The topological polar surface area (TPSA) is 43.8 Å². The Bertz CT molecular complexity index is 481. The minimum Gasteiger partial charge on any atom is -0.387 e. The summed E-state index contributed by atoms with van der Waals surface area (Å²) in [5.74, 6) is 0.290. The number of anilines is 1. The number of benzene rings is 1. The van der Waals surface area contributed by atoms with Crippen LogP contribution >= 0.6 is 0 Å². The number of fused-ring (bicyclic) bond motifs is 1. The Morgan fingerprint density at radius 3 is 2.94 bits per heavy atom. The molecule has 1 amide bonds. The van der Waals surface area contributed by atoms with Crippen LogP contribution in [-0.2, 0) is 11.2 Å². The van der Waals surface area contributed by atoms with Crippen molar-refractivity contribution in [3.8, 4) is 0 Å². The van der Waals surface area contributed by atoms with E-state index in [9.17, 15) is 4.79 Å². The number of hydrogen-bond acceptors (Lipinski definition) is 3. The fourth-order valence-corrected chi connectivity index (χ4v) is 2.98. The number of nitrogens with zero attached hydrogens (tertiary/aromatic N) is 2. The third-order valence-electron chi connectivity index (χ3n) is 4.11. The lowest BCUT2D eigenvalue weighted by Crippen LogP contribution is -2.49. The number of rotatable bonds is 2. The number of likely N-dealkylation sites (tertiary alicyclic amines) is 1. The summed E-state index contributed by atoms with van der Waals surface area (Å²) in [6, 6.07) is 6.46. The van der Waals surface area contributed by atoms with Gasteiger partial charge in [-0.2, -0.15) is 0 Å². The van der Waals surface area contributed by atoms with Gasteiger partial charge in [-0.05, 0) is 23.6 Å². The number of carbonyl (C=O) groups excluding carboxylic acids is 1. The highest BCUT2D eigenvalue weighted by Gasteiger charge is 2.34. The highest BCUT2D eigenvalue weighted by Crippen LogP contribution is 2.36. The molecule has 3 rings (SSSR count). The average molecular weight is 246 g/mol. The second-order valence-corrected chi connectivity index (χ2v) is 5.17. The van der Waals surface area contributed by atoms with E-state index >= 15 is 0 Å². The first-order valence-electron chi connectivity index (χ1n) is 6.42. The fourth-order valence-electron chi connectivity index (χ4n) is 2.98. The van der Waals surface area contributed by atoms with Crippen molar-refractivity contribution in [3.63, 3.8) is 0 Å². The molecule has 0 saturated carbocycles. The summed E-state index contributed by atoms with van der Waals surface area (Å²) < 4.78 is 0. The Kier molecular flexibility index (Phi) is 2.74. The largest absolute Gasteiger partial charge is 0.387 e. The molecule has 1 aromatic rings. The van der Waals surface area contributed by atoms with Gasteiger partial charge in [0.05, 0.1) is 0 Å². The molecule has 96 valence electrons. The molecule has 0 unspecified atom stereocenters. The first-order valence-corrected chi connectivity index (χ1v) is 6.42. The van der Waals surface area contributed by atoms with E-state index in [0.29, 0.717) is 5.92 Å². The Hall–Kier alpha value is -1.55. The van der Waals surface area contributed by atoms with E-state index in [4.69, 9.17) is 5.11 Å². The maximum Gasteiger partial charge on any atom is 0.248 e. The van der Waals surface area contributed by atoms with Crippen molar-refractivity contribution in [1.29, 1.82) is 0 Å². The van der Waals surface area contributed by atoms with Crippen LogP contribution in [-0.4, -0.2) is 49.2 Å². The Balaban J connectivity index is 1.78. The maximum atomic E-state index is 11.3. The van der Waals surface area contributed by atoms with Gasteiger partial charge in [0.1, 0.15) is 6.61 Å². The molecule has 2 aliphatic rings. The van der Waals surface area contributed by atoms with Crippen LogP contribution in [0.25, 0.3) is 0 Å². The van der Waals surface area contributed by atoms with Crippen LogP contribution in [0.3, 0.4) is 0 Å².